The van der Waals surface area contributed by atoms with Gasteiger partial charge in [0.05, 0.1) is 26.1 Å². The summed E-state index contributed by atoms with van der Waals surface area (Å²) >= 11 is 6.11. The molecule has 0 saturated carbocycles. The Kier molecular flexibility index (Phi) is 4.49. The Morgan fingerprint density at radius 1 is 1.15 bits per heavy atom. The van der Waals surface area contributed by atoms with Crippen LogP contribution in [0.1, 0.15) is 23.5 Å². The van der Waals surface area contributed by atoms with E-state index in [0.29, 0.717) is 28.8 Å². The third kappa shape index (κ3) is 3.13. The molecule has 0 aliphatic carbocycles. The van der Waals surface area contributed by atoms with Crippen LogP contribution in [0.5, 0.6) is 11.5 Å². The molecule has 0 fully saturated rings. The van der Waals surface area contributed by atoms with E-state index in [1.807, 2.05) is 30.3 Å². The predicted molar refractivity (Wildman–Crippen MR) is 103 cm³/mol. The first-order chi connectivity index (χ1) is 13.1. The van der Waals surface area contributed by atoms with Gasteiger partial charge in [0, 0.05) is 34.6 Å². The zero-order valence-corrected chi connectivity index (χ0v) is 15.7. The van der Waals surface area contributed by atoms with Crippen LogP contribution >= 0.6 is 11.6 Å². The van der Waals surface area contributed by atoms with Crippen molar-refractivity contribution < 1.29 is 14.3 Å². The van der Waals surface area contributed by atoms with E-state index in [1.165, 1.54) is 0 Å². The van der Waals surface area contributed by atoms with Crippen LogP contribution in [0.4, 0.5) is 5.82 Å². The van der Waals surface area contributed by atoms with Gasteiger partial charge < -0.3 is 14.8 Å². The van der Waals surface area contributed by atoms with Gasteiger partial charge in [-0.05, 0) is 24.3 Å². The van der Waals surface area contributed by atoms with Gasteiger partial charge in [-0.1, -0.05) is 23.7 Å². The van der Waals surface area contributed by atoms with E-state index in [-0.39, 0.29) is 11.8 Å². The van der Waals surface area contributed by atoms with Crippen LogP contribution in [0, 0.1) is 0 Å². The summed E-state index contributed by atoms with van der Waals surface area (Å²) < 4.78 is 12.5. The van der Waals surface area contributed by atoms with E-state index in [0.717, 1.165) is 16.8 Å². The fourth-order valence-corrected chi connectivity index (χ4v) is 3.59. The Labute approximate surface area is 161 Å². The number of anilines is 1. The highest BCUT2D eigenvalue weighted by Crippen LogP contribution is 2.42. The molecule has 1 N–H and O–H groups in total. The van der Waals surface area contributed by atoms with Gasteiger partial charge in [-0.15, -0.1) is 0 Å². The lowest BCUT2D eigenvalue weighted by Gasteiger charge is -2.25. The molecule has 6 nitrogen and oxygen atoms in total. The van der Waals surface area contributed by atoms with Crippen LogP contribution < -0.4 is 14.8 Å². The Hall–Kier alpha value is -2.99. The van der Waals surface area contributed by atoms with E-state index in [4.69, 9.17) is 21.1 Å². The number of halogens is 1. The molecule has 4 rings (SSSR count). The second kappa shape index (κ2) is 6.96. The van der Waals surface area contributed by atoms with Crippen LogP contribution in [-0.4, -0.2) is 29.9 Å². The van der Waals surface area contributed by atoms with Gasteiger partial charge in [-0.2, -0.15) is 5.10 Å². The molecular weight excluding hydrogens is 366 g/mol. The maximum Gasteiger partial charge on any atom is 0.226 e. The number of methoxy groups -OCH3 is 2. The monoisotopic (exact) mass is 383 g/mol. The fraction of sp³-hybridized carbons (Fsp3) is 0.200. The van der Waals surface area contributed by atoms with Crippen LogP contribution in [0.15, 0.2) is 48.7 Å². The summed E-state index contributed by atoms with van der Waals surface area (Å²) in [5.41, 5.74) is 2.63. The number of benzene rings is 2. The van der Waals surface area contributed by atoms with E-state index >= 15 is 0 Å². The summed E-state index contributed by atoms with van der Waals surface area (Å²) in [7, 11) is 3.22. The summed E-state index contributed by atoms with van der Waals surface area (Å²) in [5, 5.41) is 8.03. The van der Waals surface area contributed by atoms with Crippen molar-refractivity contribution in [2.75, 3.05) is 19.5 Å². The Morgan fingerprint density at radius 3 is 2.74 bits per heavy atom. The summed E-state index contributed by atoms with van der Waals surface area (Å²) in [6.07, 6.45) is 2.10. The molecule has 2 aromatic carbocycles. The van der Waals surface area contributed by atoms with Crippen molar-refractivity contribution in [2.24, 2.45) is 0 Å². The number of carbonyl (C=O) groups is 1. The SMILES string of the molecule is COc1ccc([C@@H]2CC(=O)Nc3c2cnn3-c2cccc(Cl)c2)c(OC)c1. The largest absolute Gasteiger partial charge is 0.497 e. The van der Waals surface area contributed by atoms with Gasteiger partial charge >= 0.3 is 0 Å². The predicted octanol–water partition coefficient (Wildman–Crippen LogP) is 4.02. The average molecular weight is 384 g/mol. The fourth-order valence-electron chi connectivity index (χ4n) is 3.41. The van der Waals surface area contributed by atoms with Crippen molar-refractivity contribution >= 4 is 23.3 Å². The third-order valence-electron chi connectivity index (χ3n) is 4.69. The Bertz CT molecular complexity index is 1020. The van der Waals surface area contributed by atoms with Crippen LogP contribution in [0.25, 0.3) is 5.69 Å². The number of hydrogen-bond acceptors (Lipinski definition) is 4. The summed E-state index contributed by atoms with van der Waals surface area (Å²) in [6.45, 7) is 0. The summed E-state index contributed by atoms with van der Waals surface area (Å²) in [4.78, 5) is 12.4. The molecule has 0 radical (unpaired) electrons. The molecule has 0 bridgehead atoms. The third-order valence-corrected chi connectivity index (χ3v) is 4.92. The minimum Gasteiger partial charge on any atom is -0.497 e. The first-order valence-corrected chi connectivity index (χ1v) is 8.84. The summed E-state index contributed by atoms with van der Waals surface area (Å²) in [5.74, 6) is 1.79. The molecule has 0 unspecified atom stereocenters. The second-order valence-electron chi connectivity index (χ2n) is 6.25. The minimum atomic E-state index is -0.164. The second-order valence-corrected chi connectivity index (χ2v) is 6.69. The van der Waals surface area contributed by atoms with Crippen LogP contribution in [0.3, 0.4) is 0 Å². The molecule has 7 heteroatoms. The lowest BCUT2D eigenvalue weighted by Crippen LogP contribution is -2.24. The molecule has 27 heavy (non-hydrogen) atoms. The van der Waals surface area contributed by atoms with Crippen LogP contribution in [-0.2, 0) is 4.79 Å². The molecular formula is C20H18ClN3O3. The first kappa shape index (κ1) is 17.4. The first-order valence-electron chi connectivity index (χ1n) is 8.46. The minimum absolute atomic E-state index is 0.0749. The Balaban J connectivity index is 1.82. The topological polar surface area (TPSA) is 65.4 Å². The number of amides is 1. The molecule has 1 amide bonds. The van der Waals surface area contributed by atoms with Gasteiger partial charge in [-0.3, -0.25) is 4.79 Å². The summed E-state index contributed by atoms with van der Waals surface area (Å²) in [6, 6.07) is 13.0. The number of carbonyl (C=O) groups excluding carboxylic acids is 1. The molecule has 1 aromatic heterocycles. The van der Waals surface area contributed by atoms with Crippen LogP contribution in [0.2, 0.25) is 5.02 Å². The highest BCUT2D eigenvalue weighted by molar-refractivity contribution is 6.30. The van der Waals surface area contributed by atoms with Gasteiger partial charge in [0.1, 0.15) is 17.3 Å². The van der Waals surface area contributed by atoms with Gasteiger partial charge in [0.2, 0.25) is 5.91 Å². The van der Waals surface area contributed by atoms with E-state index in [2.05, 4.69) is 10.4 Å². The highest BCUT2D eigenvalue weighted by atomic mass is 35.5. The van der Waals surface area contributed by atoms with Crippen molar-refractivity contribution in [3.63, 3.8) is 0 Å². The van der Waals surface area contributed by atoms with Crippen molar-refractivity contribution in [3.05, 3.63) is 64.8 Å². The van der Waals surface area contributed by atoms with Crippen molar-refractivity contribution in [1.29, 1.82) is 0 Å². The van der Waals surface area contributed by atoms with E-state index in [9.17, 15) is 4.79 Å². The lowest BCUT2D eigenvalue weighted by atomic mass is 9.86. The van der Waals surface area contributed by atoms with E-state index in [1.54, 1.807) is 37.2 Å². The molecule has 2 heterocycles. The molecule has 0 saturated heterocycles. The number of fused-ring (bicyclic) bond motifs is 1. The standard InChI is InChI=1S/C20H18ClN3O3/c1-26-14-6-7-15(18(9-14)27-2)16-10-19(25)23-20-17(16)11-22-24(20)13-5-3-4-12(21)8-13/h3-9,11,16H,10H2,1-2H3,(H,23,25)/t16-/m0/s1. The number of hydrogen-bond donors (Lipinski definition) is 1. The lowest BCUT2D eigenvalue weighted by molar-refractivity contribution is -0.116. The van der Waals surface area contributed by atoms with Crippen molar-refractivity contribution in [3.8, 4) is 17.2 Å². The van der Waals surface area contributed by atoms with Gasteiger partial charge in [-0.25, -0.2) is 4.68 Å². The number of nitrogens with zero attached hydrogens (tertiary/aromatic N) is 2. The quantitative estimate of drug-likeness (QED) is 0.739. The Morgan fingerprint density at radius 2 is 2.00 bits per heavy atom. The molecule has 1 aliphatic heterocycles. The number of nitrogens with one attached hydrogen (secondary N) is 1. The number of ether oxygens (including phenoxy) is 2. The molecule has 1 atom stereocenters. The van der Waals surface area contributed by atoms with Gasteiger partial charge in [0.25, 0.3) is 0 Å². The van der Waals surface area contributed by atoms with E-state index < -0.39 is 0 Å². The normalized spacial score (nSPS) is 15.8. The zero-order chi connectivity index (χ0) is 19.0. The zero-order valence-electron chi connectivity index (χ0n) is 14.9. The molecule has 3 aromatic rings. The smallest absolute Gasteiger partial charge is 0.226 e. The number of rotatable bonds is 4. The average Bonchev–Trinajstić information content (AvgIpc) is 3.10. The highest BCUT2D eigenvalue weighted by Gasteiger charge is 2.32. The maximum absolute atomic E-state index is 12.4. The van der Waals surface area contributed by atoms with Crippen molar-refractivity contribution in [1.82, 2.24) is 9.78 Å². The maximum atomic E-state index is 12.4. The molecule has 138 valence electrons. The number of aromatic nitrogens is 2. The molecule has 0 spiro atoms. The molecule has 1 aliphatic rings. The van der Waals surface area contributed by atoms with Gasteiger partial charge in [0.15, 0.2) is 0 Å². The van der Waals surface area contributed by atoms with Crippen molar-refractivity contribution in [2.45, 2.75) is 12.3 Å².